The zero-order chi connectivity index (χ0) is 100. The number of phenolic OH excluding ortho intramolecular Hbond substituents is 1. The summed E-state index contributed by atoms with van der Waals surface area (Å²) in [7, 11) is 1.35. The topological polar surface area (TPSA) is 704 Å². The highest BCUT2D eigenvalue weighted by Gasteiger charge is 2.71. The lowest BCUT2D eigenvalue weighted by atomic mass is 9.33. The molecular weight excluding hydrogens is 1840 g/mol. The van der Waals surface area contributed by atoms with Gasteiger partial charge in [-0.15, -0.1) is 0 Å². The molecule has 15 rings (SSSR count). The normalized spacial score (nSPS) is 50.8. The smallest absolute Gasteiger partial charge is 0.331 e. The van der Waals surface area contributed by atoms with Crippen LogP contribution in [0.2, 0.25) is 0 Å². The van der Waals surface area contributed by atoms with Gasteiger partial charge in [-0.25, -0.2) is 4.79 Å². The Bertz CT molecular complexity index is 4300. The number of allylic oxidation sites excluding steroid dienone is 2. The summed E-state index contributed by atoms with van der Waals surface area (Å²) in [4.78, 5) is 28.4. The van der Waals surface area contributed by atoms with Gasteiger partial charge in [0.05, 0.1) is 76.6 Å². The molecule has 1 aromatic carbocycles. The van der Waals surface area contributed by atoms with E-state index in [4.69, 9.17) is 94.7 Å². The molecule has 4 saturated carbocycles. The average molecular weight is 1980 g/mol. The lowest BCUT2D eigenvalue weighted by Crippen LogP contribution is -2.67. The third kappa shape index (κ3) is 20.3. The molecule has 5 aliphatic carbocycles. The van der Waals surface area contributed by atoms with Crippen LogP contribution in [0.4, 0.5) is 0 Å². The Balaban J connectivity index is 0.546. The number of aromatic hydroxyl groups is 1. The predicted molar refractivity (Wildman–Crippen MR) is 457 cm³/mol. The largest absolute Gasteiger partial charge is 0.504 e. The number of aliphatic hydroxyl groups excluding tert-OH is 23. The van der Waals surface area contributed by atoms with Gasteiger partial charge < -0.3 is 217 Å². The number of phenols is 1. The fraction of sp³-hybridized carbons (Fsp3) is 0.870. The minimum atomic E-state index is -2.14. The van der Waals surface area contributed by atoms with Crippen LogP contribution in [0.1, 0.15) is 139 Å². The lowest BCUT2D eigenvalue weighted by molar-refractivity contribution is -0.387. The molecule has 46 heteroatoms. The van der Waals surface area contributed by atoms with Gasteiger partial charge in [-0.1, -0.05) is 66.2 Å². The second-order valence-electron chi connectivity index (χ2n) is 42.1. The molecule has 786 valence electrons. The van der Waals surface area contributed by atoms with Gasteiger partial charge in [0.25, 0.3) is 0 Å². The number of aliphatic hydroxyl groups is 23. The lowest BCUT2D eigenvalue weighted by Gasteiger charge is -2.71. The molecule has 0 radical (unpaired) electrons. The van der Waals surface area contributed by atoms with Gasteiger partial charge in [0.15, 0.2) is 67.9 Å². The molecule has 24 N–H and O–H groups in total. The zero-order valence-electron chi connectivity index (χ0n) is 78.6. The van der Waals surface area contributed by atoms with Crippen molar-refractivity contribution >= 4 is 18.0 Å². The van der Waals surface area contributed by atoms with Crippen LogP contribution < -0.4 is 4.74 Å². The van der Waals surface area contributed by atoms with E-state index >= 15 is 4.79 Å². The second kappa shape index (κ2) is 42.5. The highest BCUT2D eigenvalue weighted by Crippen LogP contribution is 2.76. The number of rotatable bonds is 26. The van der Waals surface area contributed by atoms with Gasteiger partial charge >= 0.3 is 11.9 Å². The highest BCUT2D eigenvalue weighted by atomic mass is 16.8. The van der Waals surface area contributed by atoms with Crippen LogP contribution in [0.5, 0.6) is 11.5 Å². The monoisotopic (exact) mass is 1980 g/mol. The maximum Gasteiger partial charge on any atom is 0.331 e. The summed E-state index contributed by atoms with van der Waals surface area (Å²) < 4.78 is 118. The van der Waals surface area contributed by atoms with Crippen molar-refractivity contribution in [1.82, 2.24) is 0 Å². The van der Waals surface area contributed by atoms with Gasteiger partial charge in [-0.05, 0) is 154 Å². The Morgan fingerprint density at radius 1 is 0.435 bits per heavy atom. The van der Waals surface area contributed by atoms with E-state index in [-0.39, 0.29) is 45.5 Å². The van der Waals surface area contributed by atoms with Crippen molar-refractivity contribution in [3.05, 3.63) is 41.5 Å². The molecule has 0 bridgehead atoms. The Hall–Kier alpha value is -4.36. The van der Waals surface area contributed by atoms with Crippen LogP contribution in [0.3, 0.4) is 0 Å². The summed E-state index contributed by atoms with van der Waals surface area (Å²) >= 11 is 0. The van der Waals surface area contributed by atoms with Gasteiger partial charge in [-0.3, -0.25) is 4.79 Å². The quantitative estimate of drug-likeness (QED) is 0.0177. The third-order valence-corrected chi connectivity index (χ3v) is 32.9. The number of carbonyl (C=O) groups excluding carboxylic acids is 2. The summed E-state index contributed by atoms with van der Waals surface area (Å²) in [5.74, 6) is -1.95. The summed E-state index contributed by atoms with van der Waals surface area (Å²) in [5, 5.41) is 268. The summed E-state index contributed by atoms with van der Waals surface area (Å²) in [5.41, 5.74) is -1.58. The Labute approximate surface area is 795 Å². The van der Waals surface area contributed by atoms with Crippen LogP contribution in [0.15, 0.2) is 35.9 Å². The molecule has 9 heterocycles. The Kier molecular flexibility index (Phi) is 33.2. The van der Waals surface area contributed by atoms with Crippen molar-refractivity contribution in [2.75, 3.05) is 46.8 Å². The molecule has 51 unspecified atom stereocenters. The van der Waals surface area contributed by atoms with Crippen LogP contribution >= 0.6 is 0 Å². The number of hydrogen-bond acceptors (Lipinski definition) is 46. The molecule has 9 saturated heterocycles. The van der Waals surface area contributed by atoms with E-state index in [1.54, 1.807) is 0 Å². The van der Waals surface area contributed by atoms with E-state index in [1.165, 1.54) is 52.2 Å². The van der Waals surface area contributed by atoms with E-state index < -0.39 is 338 Å². The molecule has 46 nitrogen and oxygen atoms in total. The fourth-order valence-electron chi connectivity index (χ4n) is 24.2. The standard InChI is InChI=1S/C92H142O46/c1-34-52(98)59(105)65(111)80(125-34)134-72-43(28-93)127-77(68(114)62(72)108)121-31-46-57(103)61(107)67(113)83(131-46)138-86(118)92-24-22-87(4,5)27-39(92)38-14-16-49-89(8)20-19-50(88(6,7)48(89)18-21-91(49,10)90(38,9)23-25-92)132-85-76(55(101)41(96)30-120-85)137-84-71(117)75(54(100)36(3)126-84)136-78-64(110)58(104)47(33-122-78)129-81-69(115)63(109)73(44(29-94)128-81)135-82-66(112)60(106)56(102)45(130-82)32-123-79-70(116)74(53(99)35(2)124-79)133-51(97)17-13-37-12-15-42(119-11)40(95)26-37/h12-15,17,26,34-36,39,41,43-50,52-85,93-96,98-117H,16,18-25,27-33H2,1-11H3. The Morgan fingerprint density at radius 2 is 0.928 bits per heavy atom. The molecule has 9 aliphatic heterocycles. The van der Waals surface area contributed by atoms with Crippen molar-refractivity contribution in [2.24, 2.45) is 50.2 Å². The molecule has 1 aromatic rings. The average Bonchev–Trinajstić information content (AvgIpc) is 0.672. The molecule has 0 spiro atoms. The van der Waals surface area contributed by atoms with Crippen molar-refractivity contribution in [3.8, 4) is 11.5 Å². The first-order chi connectivity index (χ1) is 65.0. The molecular formula is C92H142O46. The van der Waals surface area contributed by atoms with Crippen molar-refractivity contribution in [3.63, 3.8) is 0 Å². The summed E-state index contributed by atoms with van der Waals surface area (Å²) in [6.45, 7) is 15.5. The van der Waals surface area contributed by atoms with Gasteiger partial charge in [0.2, 0.25) is 6.29 Å². The van der Waals surface area contributed by atoms with Crippen molar-refractivity contribution < 1.29 is 227 Å². The molecule has 13 fully saturated rings. The number of hydrogen-bond donors (Lipinski definition) is 24. The maximum absolute atomic E-state index is 15.5. The Morgan fingerprint density at radius 3 is 1.54 bits per heavy atom. The fourth-order valence-corrected chi connectivity index (χ4v) is 24.2. The first kappa shape index (κ1) is 108. The van der Waals surface area contributed by atoms with Gasteiger partial charge in [0, 0.05) is 6.08 Å². The first-order valence-electron chi connectivity index (χ1n) is 47.6. The summed E-state index contributed by atoms with van der Waals surface area (Å²) in [6.07, 6.45) is -65.1. The number of fused-ring (bicyclic) bond motifs is 7. The highest BCUT2D eigenvalue weighted by molar-refractivity contribution is 5.87. The van der Waals surface area contributed by atoms with E-state index in [9.17, 15) is 127 Å². The number of methoxy groups -OCH3 is 1. The van der Waals surface area contributed by atoms with E-state index in [0.717, 1.165) is 24.5 Å². The SMILES string of the molecule is COc1ccc(C=CC(=O)OC2C(O)C(C)OC(OCC3OC(OC4C(CO)OC(OC5COC(OC6C(O)C(C)OC(OC7C(OC8CCC9(C)C(CCC%10(C)C9CC=C9C%11CC(C)(C)CCC%11(C(=O)OC%11OC(COC%12OC(CO)C(OC%13OC(C)C(O)C(O)C%13O)C(O)C%12O)C(O)C(O)C%11O)CCC9%10C)C8(C)C)OCC(O)C7O)C6O)C(O)C5O)C(O)C4O)C(O)C(O)C3O)C2O)cc1O. The molecule has 14 aliphatic rings. The number of carbonyl (C=O) groups is 2. The zero-order valence-corrected chi connectivity index (χ0v) is 78.6. The minimum absolute atomic E-state index is 0.0147. The number of esters is 2. The van der Waals surface area contributed by atoms with Crippen LogP contribution in [0.25, 0.3) is 6.08 Å². The molecule has 0 amide bonds. The molecule has 138 heavy (non-hydrogen) atoms. The van der Waals surface area contributed by atoms with Crippen molar-refractivity contribution in [1.29, 1.82) is 0 Å². The van der Waals surface area contributed by atoms with Gasteiger partial charge in [0.1, 0.15) is 183 Å². The third-order valence-electron chi connectivity index (χ3n) is 32.9. The van der Waals surface area contributed by atoms with Crippen LogP contribution in [0, 0.1) is 50.2 Å². The van der Waals surface area contributed by atoms with Crippen molar-refractivity contribution in [2.45, 2.75) is 404 Å². The maximum atomic E-state index is 15.5. The molecule has 51 atom stereocenters. The molecule has 0 aromatic heterocycles. The van der Waals surface area contributed by atoms with E-state index in [2.05, 4.69) is 54.5 Å². The second-order valence-corrected chi connectivity index (χ2v) is 42.1. The van der Waals surface area contributed by atoms with Crippen LogP contribution in [-0.4, -0.2) is 451 Å². The van der Waals surface area contributed by atoms with E-state index in [1.807, 2.05) is 0 Å². The van der Waals surface area contributed by atoms with Gasteiger partial charge in [-0.2, -0.15) is 0 Å². The van der Waals surface area contributed by atoms with Crippen LogP contribution in [-0.2, 0) is 99.6 Å². The minimum Gasteiger partial charge on any atom is -0.504 e. The predicted octanol–water partition coefficient (Wildman–Crippen LogP) is -6.57. The number of ether oxygens (including phenoxy) is 20. The summed E-state index contributed by atoms with van der Waals surface area (Å²) in [6, 6.07) is 4.29. The number of benzene rings is 1. The van der Waals surface area contributed by atoms with E-state index in [0.29, 0.717) is 56.9 Å². The first-order valence-corrected chi connectivity index (χ1v) is 47.6.